The summed E-state index contributed by atoms with van der Waals surface area (Å²) in [6.45, 7) is -0.172. The summed E-state index contributed by atoms with van der Waals surface area (Å²) < 4.78 is 50.3. The number of hydrogen-bond acceptors (Lipinski definition) is 4. The van der Waals surface area contributed by atoms with E-state index >= 15 is 0 Å². The van der Waals surface area contributed by atoms with Gasteiger partial charge in [0, 0.05) is 41.5 Å². The molecule has 0 fully saturated rings. The molecule has 0 saturated carbocycles. The van der Waals surface area contributed by atoms with Gasteiger partial charge in [0.15, 0.2) is 0 Å². The molecule has 0 aromatic heterocycles. The van der Waals surface area contributed by atoms with Gasteiger partial charge in [0.2, 0.25) is 10.0 Å². The van der Waals surface area contributed by atoms with Crippen molar-refractivity contribution in [1.82, 2.24) is 4.72 Å². The molecule has 3 N–H and O–H groups in total. The van der Waals surface area contributed by atoms with Gasteiger partial charge in [-0.15, -0.1) is 0 Å². The van der Waals surface area contributed by atoms with E-state index in [1.165, 1.54) is 18.4 Å². The van der Waals surface area contributed by atoms with E-state index in [1.54, 1.807) is 0 Å². The summed E-state index contributed by atoms with van der Waals surface area (Å²) >= 11 is 0. The Morgan fingerprint density at radius 3 is 2.67 bits per heavy atom. The van der Waals surface area contributed by atoms with Crippen LogP contribution in [0, 0.1) is 5.82 Å². The van der Waals surface area contributed by atoms with Crippen LogP contribution in [0.25, 0.3) is 0 Å². The third-order valence-corrected chi connectivity index (χ3v) is 4.58. The van der Waals surface area contributed by atoms with Gasteiger partial charge < -0.3 is 5.73 Å². The molecule has 0 heterocycles. The van der Waals surface area contributed by atoms with Crippen LogP contribution in [0.2, 0.25) is 0 Å². The van der Waals surface area contributed by atoms with Gasteiger partial charge in [-0.25, -0.2) is 17.5 Å². The zero-order chi connectivity index (χ0) is 13.8. The number of sulfonamides is 1. The zero-order valence-electron chi connectivity index (χ0n) is 9.85. The number of nitrogens with one attached hydrogen (secondary N) is 1. The molecule has 0 spiro atoms. The van der Waals surface area contributed by atoms with E-state index in [2.05, 4.69) is 4.72 Å². The lowest BCUT2D eigenvalue weighted by atomic mass is 10.2. The summed E-state index contributed by atoms with van der Waals surface area (Å²) in [4.78, 5) is -0.174. The van der Waals surface area contributed by atoms with E-state index < -0.39 is 26.6 Å². The first-order valence-electron chi connectivity index (χ1n) is 5.15. The van der Waals surface area contributed by atoms with E-state index in [0.29, 0.717) is 0 Å². The number of hydrogen-bond donors (Lipinski definition) is 2. The largest absolute Gasteiger partial charge is 0.326 e. The van der Waals surface area contributed by atoms with Crippen molar-refractivity contribution in [2.24, 2.45) is 5.73 Å². The molecular weight excluding hydrogens is 279 g/mol. The van der Waals surface area contributed by atoms with Gasteiger partial charge in [0.25, 0.3) is 0 Å². The zero-order valence-corrected chi connectivity index (χ0v) is 11.5. The van der Waals surface area contributed by atoms with Gasteiger partial charge >= 0.3 is 0 Å². The first-order chi connectivity index (χ1) is 8.38. The maximum atomic E-state index is 13.4. The molecule has 0 bridgehead atoms. The van der Waals surface area contributed by atoms with Crippen molar-refractivity contribution in [1.29, 1.82) is 0 Å². The average Bonchev–Trinajstić information content (AvgIpc) is 2.27. The Morgan fingerprint density at radius 2 is 2.11 bits per heavy atom. The van der Waals surface area contributed by atoms with Gasteiger partial charge in [0.05, 0.1) is 4.90 Å². The second-order valence-electron chi connectivity index (χ2n) is 3.60. The Hall–Kier alpha value is -0.830. The van der Waals surface area contributed by atoms with E-state index in [4.69, 9.17) is 5.73 Å². The van der Waals surface area contributed by atoms with Gasteiger partial charge in [-0.1, -0.05) is 6.07 Å². The maximum Gasteiger partial charge on any atom is 0.241 e. The van der Waals surface area contributed by atoms with Crippen molar-refractivity contribution >= 4 is 20.8 Å². The highest BCUT2D eigenvalue weighted by molar-refractivity contribution is 7.89. The topological polar surface area (TPSA) is 89.3 Å². The molecule has 18 heavy (non-hydrogen) atoms. The lowest BCUT2D eigenvalue weighted by molar-refractivity contribution is 0.573. The van der Waals surface area contributed by atoms with Crippen LogP contribution < -0.4 is 10.5 Å². The SMILES string of the molecule is CS(=O)CCNS(=O)(=O)c1cccc(F)c1CN. The van der Waals surface area contributed by atoms with Gasteiger partial charge in [-0.3, -0.25) is 4.21 Å². The van der Waals surface area contributed by atoms with Crippen LogP contribution >= 0.6 is 0 Å². The predicted octanol–water partition coefficient (Wildman–Crippen LogP) is -0.0588. The third-order valence-electron chi connectivity index (χ3n) is 2.25. The molecule has 1 atom stereocenters. The highest BCUT2D eigenvalue weighted by atomic mass is 32.2. The summed E-state index contributed by atoms with van der Waals surface area (Å²) in [5, 5.41) is 0. The molecule has 0 aliphatic heterocycles. The molecule has 5 nitrogen and oxygen atoms in total. The van der Waals surface area contributed by atoms with Crippen molar-refractivity contribution < 1.29 is 17.0 Å². The molecule has 0 radical (unpaired) electrons. The molecule has 0 aliphatic rings. The van der Waals surface area contributed by atoms with Crippen molar-refractivity contribution in [2.45, 2.75) is 11.4 Å². The summed E-state index contributed by atoms with van der Waals surface area (Å²) in [7, 11) is -4.92. The first kappa shape index (κ1) is 15.2. The Morgan fingerprint density at radius 1 is 1.44 bits per heavy atom. The normalized spacial score (nSPS) is 13.5. The van der Waals surface area contributed by atoms with Crippen molar-refractivity contribution in [2.75, 3.05) is 18.6 Å². The third kappa shape index (κ3) is 3.84. The minimum absolute atomic E-state index is 0.0337. The van der Waals surface area contributed by atoms with Crippen LogP contribution in [0.4, 0.5) is 4.39 Å². The minimum Gasteiger partial charge on any atom is -0.326 e. The second kappa shape index (κ2) is 6.37. The molecule has 0 amide bonds. The number of rotatable bonds is 6. The Balaban J connectivity index is 2.98. The van der Waals surface area contributed by atoms with E-state index in [1.807, 2.05) is 0 Å². The van der Waals surface area contributed by atoms with Crippen LogP contribution in [0.1, 0.15) is 5.56 Å². The predicted molar refractivity (Wildman–Crippen MR) is 68.4 cm³/mol. The van der Waals surface area contributed by atoms with Crippen LogP contribution in [0.3, 0.4) is 0 Å². The van der Waals surface area contributed by atoms with Crippen molar-refractivity contribution in [3.63, 3.8) is 0 Å². The quantitative estimate of drug-likeness (QED) is 0.769. The molecule has 1 rings (SSSR count). The fourth-order valence-corrected chi connectivity index (χ4v) is 3.19. The van der Waals surface area contributed by atoms with Crippen LogP contribution in [-0.2, 0) is 27.4 Å². The first-order valence-corrected chi connectivity index (χ1v) is 8.36. The molecule has 0 aliphatic carbocycles. The van der Waals surface area contributed by atoms with Gasteiger partial charge in [-0.05, 0) is 12.1 Å². The lowest BCUT2D eigenvalue weighted by Crippen LogP contribution is -2.29. The number of halogens is 1. The summed E-state index contributed by atoms with van der Waals surface area (Å²) in [6, 6.07) is 3.75. The highest BCUT2D eigenvalue weighted by Crippen LogP contribution is 2.17. The fraction of sp³-hybridized carbons (Fsp3) is 0.400. The average molecular weight is 294 g/mol. The highest BCUT2D eigenvalue weighted by Gasteiger charge is 2.19. The number of benzene rings is 1. The molecule has 1 unspecified atom stereocenters. The van der Waals surface area contributed by atoms with Crippen LogP contribution in [0.5, 0.6) is 0 Å². The van der Waals surface area contributed by atoms with E-state index in [0.717, 1.165) is 6.07 Å². The Labute approximate surface area is 108 Å². The number of nitrogens with two attached hydrogens (primary N) is 1. The van der Waals surface area contributed by atoms with Crippen molar-refractivity contribution in [3.8, 4) is 0 Å². The monoisotopic (exact) mass is 294 g/mol. The summed E-state index contributed by atoms with van der Waals surface area (Å²) in [6.07, 6.45) is 1.47. The molecule has 102 valence electrons. The molecular formula is C10H15FN2O3S2. The molecule has 0 saturated heterocycles. The van der Waals surface area contributed by atoms with Crippen LogP contribution in [0.15, 0.2) is 23.1 Å². The molecule has 1 aromatic carbocycles. The van der Waals surface area contributed by atoms with Gasteiger partial charge in [-0.2, -0.15) is 0 Å². The van der Waals surface area contributed by atoms with Crippen LogP contribution in [-0.4, -0.2) is 31.2 Å². The minimum atomic E-state index is -3.83. The molecule has 1 aromatic rings. The van der Waals surface area contributed by atoms with Gasteiger partial charge in [0.1, 0.15) is 5.82 Å². The standard InChI is InChI=1S/C10H15FN2O3S2/c1-17(14)6-5-13-18(15,16)10-4-2-3-9(11)8(10)7-12/h2-4,13H,5-7,12H2,1H3. The summed E-state index contributed by atoms with van der Waals surface area (Å²) in [5.41, 5.74) is 5.29. The summed E-state index contributed by atoms with van der Waals surface area (Å²) in [5.74, 6) is -0.452. The Bertz CT molecular complexity index is 546. The van der Waals surface area contributed by atoms with E-state index in [-0.39, 0.29) is 29.3 Å². The smallest absolute Gasteiger partial charge is 0.241 e. The van der Waals surface area contributed by atoms with E-state index in [9.17, 15) is 17.0 Å². The molecule has 8 heteroatoms. The maximum absolute atomic E-state index is 13.4. The fourth-order valence-electron chi connectivity index (χ4n) is 1.39. The Kier molecular flexibility index (Phi) is 5.39. The second-order valence-corrected chi connectivity index (χ2v) is 6.89. The van der Waals surface area contributed by atoms with Crippen molar-refractivity contribution in [3.05, 3.63) is 29.6 Å². The lowest BCUT2D eigenvalue weighted by Gasteiger charge is -2.10.